The molecule has 0 aliphatic carbocycles. The Hall–Kier alpha value is -3.38. The summed E-state index contributed by atoms with van der Waals surface area (Å²) in [7, 11) is 1.59. The molecule has 6 nitrogen and oxygen atoms in total. The number of hydrogen-bond donors (Lipinski definition) is 1. The molecule has 182 valence electrons. The maximum atomic E-state index is 13.5. The van der Waals surface area contributed by atoms with Crippen molar-refractivity contribution in [1.82, 2.24) is 9.47 Å². The summed E-state index contributed by atoms with van der Waals surface area (Å²) in [6.45, 7) is 4.00. The highest BCUT2D eigenvalue weighted by atomic mass is 35.5. The fourth-order valence-electron chi connectivity index (χ4n) is 4.09. The van der Waals surface area contributed by atoms with Crippen molar-refractivity contribution in [3.63, 3.8) is 0 Å². The molecule has 1 saturated heterocycles. The number of hydrogen-bond acceptors (Lipinski definition) is 6. The van der Waals surface area contributed by atoms with Gasteiger partial charge in [0.25, 0.3) is 11.5 Å². The van der Waals surface area contributed by atoms with Gasteiger partial charge in [0.05, 0.1) is 10.9 Å². The molecule has 0 radical (unpaired) electrons. The van der Waals surface area contributed by atoms with Gasteiger partial charge < -0.3 is 5.32 Å². The molecule has 36 heavy (non-hydrogen) atoms. The summed E-state index contributed by atoms with van der Waals surface area (Å²) in [5, 5.41) is 13.5. The summed E-state index contributed by atoms with van der Waals surface area (Å²) < 4.78 is 1.85. The van der Waals surface area contributed by atoms with Gasteiger partial charge in [0.15, 0.2) is 0 Å². The van der Waals surface area contributed by atoms with Crippen molar-refractivity contribution in [3.05, 3.63) is 103 Å². The minimum Gasteiger partial charge on any atom is -0.367 e. The van der Waals surface area contributed by atoms with Crippen LogP contribution in [0.3, 0.4) is 0 Å². The van der Waals surface area contributed by atoms with Crippen molar-refractivity contribution in [2.75, 3.05) is 5.32 Å². The fourth-order valence-corrected chi connectivity index (χ4v) is 5.69. The molecule has 1 aliphatic heterocycles. The molecule has 4 rings (SSSR count). The van der Waals surface area contributed by atoms with E-state index < -0.39 is 5.56 Å². The molecule has 1 aliphatic rings. The first-order chi connectivity index (χ1) is 17.2. The van der Waals surface area contributed by atoms with Crippen molar-refractivity contribution >= 4 is 57.7 Å². The second-order valence-electron chi connectivity index (χ2n) is 8.32. The summed E-state index contributed by atoms with van der Waals surface area (Å²) in [4.78, 5) is 28.4. The largest absolute Gasteiger partial charge is 0.367 e. The van der Waals surface area contributed by atoms with Crippen LogP contribution in [0.2, 0.25) is 5.02 Å². The average molecular weight is 535 g/mol. The standard InChI is InChI=1S/C27H23ClN4O2S2/c1-16-20(13-23-26(34)32(27(35)36-23)17(2)18-9-5-4-6-10-18)24(31(3)25(33)21(16)14-29)30-15-19-11-7-8-12-22(19)28/h4-13,17,30H,15H2,1-3H3/b23-13+. The highest BCUT2D eigenvalue weighted by molar-refractivity contribution is 8.26. The Morgan fingerprint density at radius 2 is 1.83 bits per heavy atom. The fraction of sp³-hybridized carbons (Fsp3) is 0.185. The third-order valence-corrected chi connectivity index (χ3v) is 7.87. The van der Waals surface area contributed by atoms with Crippen LogP contribution in [0.5, 0.6) is 0 Å². The number of anilines is 1. The highest BCUT2D eigenvalue weighted by Gasteiger charge is 2.36. The number of nitrogens with one attached hydrogen (secondary N) is 1. The molecule has 1 unspecified atom stereocenters. The molecule has 1 fully saturated rings. The van der Waals surface area contributed by atoms with Crippen LogP contribution in [-0.4, -0.2) is 19.7 Å². The second kappa shape index (κ2) is 10.7. The van der Waals surface area contributed by atoms with Gasteiger partial charge in [-0.25, -0.2) is 0 Å². The first-order valence-corrected chi connectivity index (χ1v) is 12.8. The lowest BCUT2D eigenvalue weighted by Crippen LogP contribution is -2.31. The molecule has 0 spiro atoms. The summed E-state index contributed by atoms with van der Waals surface area (Å²) >= 11 is 13.1. The van der Waals surface area contributed by atoms with Crippen LogP contribution in [0.1, 0.15) is 40.8 Å². The molecule has 9 heteroatoms. The number of pyridine rings is 1. The van der Waals surface area contributed by atoms with Gasteiger partial charge in [-0.15, -0.1) is 0 Å². The zero-order chi connectivity index (χ0) is 26.0. The zero-order valence-electron chi connectivity index (χ0n) is 19.9. The van der Waals surface area contributed by atoms with Gasteiger partial charge >= 0.3 is 0 Å². The van der Waals surface area contributed by atoms with Gasteiger partial charge in [-0.3, -0.25) is 19.1 Å². The Labute approximate surface area is 224 Å². The van der Waals surface area contributed by atoms with Gasteiger partial charge in [0.2, 0.25) is 0 Å². The molecule has 0 saturated carbocycles. The number of benzene rings is 2. The lowest BCUT2D eigenvalue weighted by atomic mass is 10.0. The van der Waals surface area contributed by atoms with Gasteiger partial charge in [-0.2, -0.15) is 5.26 Å². The zero-order valence-corrected chi connectivity index (χ0v) is 22.3. The van der Waals surface area contributed by atoms with E-state index in [4.69, 9.17) is 23.8 Å². The Balaban J connectivity index is 1.76. The molecular weight excluding hydrogens is 512 g/mol. The molecule has 2 aromatic carbocycles. The summed E-state index contributed by atoms with van der Waals surface area (Å²) in [6.07, 6.45) is 1.71. The first kappa shape index (κ1) is 25.7. The molecular formula is C27H23ClN4O2S2. The van der Waals surface area contributed by atoms with Gasteiger partial charge in [-0.1, -0.05) is 84.1 Å². The molecule has 1 atom stereocenters. The van der Waals surface area contributed by atoms with E-state index in [9.17, 15) is 14.9 Å². The highest BCUT2D eigenvalue weighted by Crippen LogP contribution is 2.39. The molecule has 1 N–H and O–H groups in total. The third-order valence-electron chi connectivity index (χ3n) is 6.17. The Kier molecular flexibility index (Phi) is 7.65. The number of carbonyl (C=O) groups excluding carboxylic acids is 1. The summed E-state index contributed by atoms with van der Waals surface area (Å²) in [6, 6.07) is 18.9. The lowest BCUT2D eigenvalue weighted by molar-refractivity contribution is -0.123. The Bertz CT molecular complexity index is 1490. The smallest absolute Gasteiger partial charge is 0.270 e. The van der Waals surface area contributed by atoms with E-state index >= 15 is 0 Å². The van der Waals surface area contributed by atoms with Gasteiger partial charge in [0.1, 0.15) is 21.8 Å². The number of halogens is 1. The molecule has 2 heterocycles. The minimum atomic E-state index is -0.418. The van der Waals surface area contributed by atoms with E-state index in [-0.39, 0.29) is 17.5 Å². The van der Waals surface area contributed by atoms with Crippen LogP contribution < -0.4 is 10.9 Å². The number of aromatic nitrogens is 1. The van der Waals surface area contributed by atoms with Crippen LogP contribution in [0.25, 0.3) is 6.08 Å². The van der Waals surface area contributed by atoms with Crippen LogP contribution in [0, 0.1) is 18.3 Å². The van der Waals surface area contributed by atoms with Crippen LogP contribution in [0.15, 0.2) is 64.3 Å². The van der Waals surface area contributed by atoms with Crippen molar-refractivity contribution in [2.24, 2.45) is 7.05 Å². The number of nitriles is 1. The number of thioether (sulfide) groups is 1. The van der Waals surface area contributed by atoms with Crippen molar-refractivity contribution in [1.29, 1.82) is 5.26 Å². The summed E-state index contributed by atoms with van der Waals surface area (Å²) in [5.41, 5.74) is 2.50. The maximum absolute atomic E-state index is 13.5. The van der Waals surface area contributed by atoms with E-state index in [0.717, 1.165) is 11.1 Å². The minimum absolute atomic E-state index is 0.0279. The normalized spacial score (nSPS) is 15.3. The van der Waals surface area contributed by atoms with Crippen LogP contribution in [-0.2, 0) is 18.4 Å². The van der Waals surface area contributed by atoms with Crippen molar-refractivity contribution < 1.29 is 4.79 Å². The van der Waals surface area contributed by atoms with Crippen LogP contribution >= 0.6 is 35.6 Å². The van der Waals surface area contributed by atoms with Crippen molar-refractivity contribution in [2.45, 2.75) is 26.4 Å². The van der Waals surface area contributed by atoms with E-state index in [0.29, 0.717) is 37.7 Å². The van der Waals surface area contributed by atoms with Crippen LogP contribution in [0.4, 0.5) is 5.82 Å². The quantitative estimate of drug-likeness (QED) is 0.318. The van der Waals surface area contributed by atoms with Gasteiger partial charge in [-0.05, 0) is 42.7 Å². The number of nitrogens with zero attached hydrogens (tertiary/aromatic N) is 3. The average Bonchev–Trinajstić information content (AvgIpc) is 3.16. The monoisotopic (exact) mass is 534 g/mol. The predicted molar refractivity (Wildman–Crippen MR) is 150 cm³/mol. The van der Waals surface area contributed by atoms with E-state index in [2.05, 4.69) is 5.32 Å². The topological polar surface area (TPSA) is 78.1 Å². The number of rotatable bonds is 6. The molecule has 1 amide bonds. The number of amides is 1. The maximum Gasteiger partial charge on any atom is 0.270 e. The molecule has 3 aromatic rings. The number of carbonyl (C=O) groups is 1. The Morgan fingerprint density at radius 1 is 1.17 bits per heavy atom. The predicted octanol–water partition coefficient (Wildman–Crippen LogP) is 5.79. The van der Waals surface area contributed by atoms with E-state index in [1.807, 2.05) is 61.5 Å². The molecule has 1 aromatic heterocycles. The number of thiocarbonyl (C=S) groups is 1. The van der Waals surface area contributed by atoms with Crippen molar-refractivity contribution in [3.8, 4) is 6.07 Å². The van der Waals surface area contributed by atoms with E-state index in [1.54, 1.807) is 31.0 Å². The Morgan fingerprint density at radius 3 is 2.50 bits per heavy atom. The summed E-state index contributed by atoms with van der Waals surface area (Å²) in [5.74, 6) is 0.267. The lowest BCUT2D eigenvalue weighted by Gasteiger charge is -2.23. The van der Waals surface area contributed by atoms with Gasteiger partial charge in [0, 0.05) is 24.2 Å². The van der Waals surface area contributed by atoms with E-state index in [1.165, 1.54) is 16.3 Å². The SMILES string of the molecule is Cc1c(/C=C2/SC(=S)N(C(C)c3ccccc3)C2=O)c(NCc2ccccc2Cl)n(C)c(=O)c1C#N. The molecule has 0 bridgehead atoms. The second-order valence-corrected chi connectivity index (χ2v) is 10.4. The first-order valence-electron chi connectivity index (χ1n) is 11.2. The third kappa shape index (κ3) is 4.82.